The van der Waals surface area contributed by atoms with Crippen LogP contribution in [0.3, 0.4) is 0 Å². The first-order valence-electron chi connectivity index (χ1n) is 4.31. The van der Waals surface area contributed by atoms with Gasteiger partial charge in [0.1, 0.15) is 11.6 Å². The summed E-state index contributed by atoms with van der Waals surface area (Å²) in [7, 11) is 1.38. The van der Waals surface area contributed by atoms with Crippen molar-refractivity contribution in [1.82, 2.24) is 0 Å². The summed E-state index contributed by atoms with van der Waals surface area (Å²) < 4.78 is 31.4. The van der Waals surface area contributed by atoms with Crippen molar-refractivity contribution in [2.75, 3.05) is 13.7 Å². The van der Waals surface area contributed by atoms with E-state index in [1.165, 1.54) is 13.2 Å². The molecule has 0 unspecified atom stereocenters. The van der Waals surface area contributed by atoms with E-state index < -0.39 is 29.5 Å². The number of carbonyl (C=O) groups excluding carboxylic acids is 1. The molecule has 15 heavy (non-hydrogen) atoms. The molecule has 5 heteroatoms. The van der Waals surface area contributed by atoms with Crippen LogP contribution in [0.1, 0.15) is 15.9 Å². The highest BCUT2D eigenvalue weighted by atomic mass is 19.1. The molecule has 0 aliphatic carbocycles. The van der Waals surface area contributed by atoms with E-state index in [2.05, 4.69) is 0 Å². The van der Waals surface area contributed by atoms with Gasteiger partial charge < -0.3 is 10.5 Å². The highest BCUT2D eigenvalue weighted by Gasteiger charge is 2.18. The number of halogens is 2. The van der Waals surface area contributed by atoms with Crippen LogP contribution >= 0.6 is 0 Å². The number of carbonyl (C=O) groups is 1. The van der Waals surface area contributed by atoms with Gasteiger partial charge in [-0.15, -0.1) is 0 Å². The molecule has 0 saturated heterocycles. The molecule has 1 aromatic rings. The maximum Gasteiger partial charge on any atom is 0.182 e. The second-order valence-corrected chi connectivity index (χ2v) is 2.96. The Balaban J connectivity index is 3.23. The number of ether oxygens (including phenoxy) is 1. The average molecular weight is 215 g/mol. The van der Waals surface area contributed by atoms with E-state index >= 15 is 0 Å². The zero-order chi connectivity index (χ0) is 11.4. The number of nitrogens with two attached hydrogens (primary N) is 1. The normalized spacial score (nSPS) is 10.4. The van der Waals surface area contributed by atoms with E-state index in [0.717, 1.165) is 6.07 Å². The zero-order valence-electron chi connectivity index (χ0n) is 8.22. The summed E-state index contributed by atoms with van der Waals surface area (Å²) >= 11 is 0. The molecule has 0 bridgehead atoms. The molecule has 1 aromatic carbocycles. The van der Waals surface area contributed by atoms with Gasteiger partial charge in [-0.2, -0.15) is 0 Å². The second kappa shape index (κ2) is 4.95. The predicted octanol–water partition coefficient (Wildman–Crippen LogP) is 1.25. The van der Waals surface area contributed by atoms with Crippen LogP contribution in [0.15, 0.2) is 12.1 Å². The number of ketones is 1. The molecule has 0 heterocycles. The third-order valence-electron chi connectivity index (χ3n) is 1.94. The van der Waals surface area contributed by atoms with Crippen LogP contribution in [0.4, 0.5) is 8.78 Å². The quantitative estimate of drug-likeness (QED) is 0.769. The molecule has 0 fully saturated rings. The lowest BCUT2D eigenvalue weighted by Gasteiger charge is -2.07. The fourth-order valence-electron chi connectivity index (χ4n) is 1.22. The van der Waals surface area contributed by atoms with Crippen LogP contribution in [0, 0.1) is 11.6 Å². The molecule has 0 aliphatic heterocycles. The van der Waals surface area contributed by atoms with Gasteiger partial charge in [-0.05, 0) is 6.07 Å². The summed E-state index contributed by atoms with van der Waals surface area (Å²) in [4.78, 5) is 11.2. The van der Waals surface area contributed by atoms with E-state index in [1.54, 1.807) is 0 Å². The van der Waals surface area contributed by atoms with E-state index in [0.29, 0.717) is 0 Å². The Morgan fingerprint density at radius 1 is 1.47 bits per heavy atom. The van der Waals surface area contributed by atoms with E-state index in [1.807, 2.05) is 0 Å². The Morgan fingerprint density at radius 3 is 2.67 bits per heavy atom. The van der Waals surface area contributed by atoms with Gasteiger partial charge in [-0.3, -0.25) is 4.79 Å². The summed E-state index contributed by atoms with van der Waals surface area (Å²) in [5.74, 6) is -2.56. The Kier molecular flexibility index (Phi) is 3.88. The van der Waals surface area contributed by atoms with Gasteiger partial charge in [0.15, 0.2) is 5.78 Å². The minimum Gasteiger partial charge on any atom is -0.380 e. The largest absolute Gasteiger partial charge is 0.380 e. The van der Waals surface area contributed by atoms with Crippen LogP contribution in [-0.4, -0.2) is 19.4 Å². The number of benzene rings is 1. The maximum atomic E-state index is 13.6. The molecule has 0 atom stereocenters. The maximum absolute atomic E-state index is 13.6. The van der Waals surface area contributed by atoms with Crippen molar-refractivity contribution in [3.05, 3.63) is 34.9 Å². The van der Waals surface area contributed by atoms with Crippen LogP contribution in [0.5, 0.6) is 0 Å². The smallest absolute Gasteiger partial charge is 0.182 e. The first-order chi connectivity index (χ1) is 7.11. The van der Waals surface area contributed by atoms with Crippen molar-refractivity contribution in [3.8, 4) is 0 Å². The Morgan fingerprint density at radius 2 is 2.13 bits per heavy atom. The second-order valence-electron chi connectivity index (χ2n) is 2.96. The Labute approximate surface area is 85.8 Å². The van der Waals surface area contributed by atoms with E-state index in [4.69, 9.17) is 10.5 Å². The molecule has 0 spiro atoms. The summed E-state index contributed by atoms with van der Waals surface area (Å²) in [5, 5.41) is 0. The van der Waals surface area contributed by atoms with Gasteiger partial charge >= 0.3 is 0 Å². The molecule has 0 saturated carbocycles. The summed E-state index contributed by atoms with van der Waals surface area (Å²) in [5.41, 5.74) is 4.60. The molecule has 0 radical (unpaired) electrons. The number of hydrogen-bond donors (Lipinski definition) is 1. The van der Waals surface area contributed by atoms with Crippen LogP contribution in [-0.2, 0) is 11.3 Å². The molecular formula is C10H11F2NO2. The Bertz CT molecular complexity index is 380. The topological polar surface area (TPSA) is 52.3 Å². The first kappa shape index (κ1) is 11.7. The van der Waals surface area contributed by atoms with Crippen molar-refractivity contribution >= 4 is 5.78 Å². The first-order valence-corrected chi connectivity index (χ1v) is 4.31. The van der Waals surface area contributed by atoms with Gasteiger partial charge in [-0.1, -0.05) is 6.07 Å². The monoisotopic (exact) mass is 215 g/mol. The lowest BCUT2D eigenvalue weighted by molar-refractivity contribution is 0.0992. The minimum absolute atomic E-state index is 0.0169. The van der Waals surface area contributed by atoms with Crippen LogP contribution in [0.25, 0.3) is 0 Å². The molecule has 0 amide bonds. The van der Waals surface area contributed by atoms with Gasteiger partial charge in [0, 0.05) is 12.7 Å². The fraction of sp³-hybridized carbons (Fsp3) is 0.300. The fourth-order valence-corrected chi connectivity index (χ4v) is 1.22. The number of rotatable bonds is 4. The zero-order valence-corrected chi connectivity index (χ0v) is 8.22. The molecule has 1 rings (SSSR count). The van der Waals surface area contributed by atoms with Crippen molar-refractivity contribution in [2.24, 2.45) is 5.73 Å². The predicted molar refractivity (Wildman–Crippen MR) is 50.5 cm³/mol. The molecule has 0 aliphatic rings. The van der Waals surface area contributed by atoms with E-state index in [9.17, 15) is 13.6 Å². The number of Topliss-reactive ketones (excluding diaryl/α,β-unsaturated/α-hetero) is 1. The minimum atomic E-state index is -0.900. The summed E-state index contributed by atoms with van der Waals surface area (Å²) in [6.45, 7) is -0.443. The van der Waals surface area contributed by atoms with Crippen molar-refractivity contribution in [1.29, 1.82) is 0 Å². The standard InChI is InChI=1S/C10H11F2NO2/c1-15-5-6-2-3-7(11)9(10(6)12)8(14)4-13/h2-3H,4-5,13H2,1H3. The van der Waals surface area contributed by atoms with Gasteiger partial charge in [0.2, 0.25) is 0 Å². The molecule has 2 N–H and O–H groups in total. The summed E-state index contributed by atoms with van der Waals surface area (Å²) in [6.07, 6.45) is 0. The van der Waals surface area contributed by atoms with Gasteiger partial charge in [0.05, 0.1) is 18.7 Å². The third-order valence-corrected chi connectivity index (χ3v) is 1.94. The van der Waals surface area contributed by atoms with Crippen LogP contribution in [0.2, 0.25) is 0 Å². The van der Waals surface area contributed by atoms with Gasteiger partial charge in [-0.25, -0.2) is 8.78 Å². The number of hydrogen-bond acceptors (Lipinski definition) is 3. The summed E-state index contributed by atoms with van der Waals surface area (Å²) in [6, 6.07) is 2.27. The molecular weight excluding hydrogens is 204 g/mol. The van der Waals surface area contributed by atoms with Crippen molar-refractivity contribution < 1.29 is 18.3 Å². The average Bonchev–Trinajstić information content (AvgIpc) is 2.22. The number of methoxy groups -OCH3 is 1. The van der Waals surface area contributed by atoms with Crippen molar-refractivity contribution in [3.63, 3.8) is 0 Å². The molecule has 0 aromatic heterocycles. The third kappa shape index (κ3) is 2.37. The highest BCUT2D eigenvalue weighted by Crippen LogP contribution is 2.17. The lowest BCUT2D eigenvalue weighted by atomic mass is 10.1. The lowest BCUT2D eigenvalue weighted by Crippen LogP contribution is -2.18. The highest BCUT2D eigenvalue weighted by molar-refractivity contribution is 5.98. The van der Waals surface area contributed by atoms with Crippen LogP contribution < -0.4 is 5.73 Å². The van der Waals surface area contributed by atoms with Gasteiger partial charge in [0.25, 0.3) is 0 Å². The van der Waals surface area contributed by atoms with E-state index in [-0.39, 0.29) is 12.2 Å². The molecule has 3 nitrogen and oxygen atoms in total. The van der Waals surface area contributed by atoms with Crippen molar-refractivity contribution in [2.45, 2.75) is 6.61 Å². The Hall–Kier alpha value is -1.33. The molecule has 82 valence electrons. The SMILES string of the molecule is COCc1ccc(F)c(C(=O)CN)c1F.